The molecule has 36 heavy (non-hydrogen) atoms. The first-order valence-electron chi connectivity index (χ1n) is 12.4. The van der Waals surface area contributed by atoms with Gasteiger partial charge in [-0.2, -0.15) is 0 Å². The van der Waals surface area contributed by atoms with Gasteiger partial charge in [-0.1, -0.05) is 0 Å². The Balaban J connectivity index is 1.39. The van der Waals surface area contributed by atoms with Gasteiger partial charge in [0.15, 0.2) is 0 Å². The van der Waals surface area contributed by atoms with Crippen LogP contribution in [-0.4, -0.2) is 51.1 Å². The van der Waals surface area contributed by atoms with Crippen molar-refractivity contribution in [1.29, 1.82) is 0 Å². The highest BCUT2D eigenvalue weighted by Gasteiger charge is 2.44. The number of nitrogens with zero attached hydrogens (tertiary/aromatic N) is 2. The standard InChI is InChI=1S/C27H30F2IN3O3/c1-36-25(35)21-5-3-19(17-23(21)33-14-10-27(28,29)11-15-33)31-24(34)20-4-2-18(30)16-22(20)32-12-8-26(6-7-26)9-13-32/h2-5,16-17H,6-15H2,1H3,(H,31,34). The number of halogens is 3. The van der Waals surface area contributed by atoms with E-state index in [4.69, 9.17) is 4.74 Å². The Hall–Kier alpha value is -2.43. The van der Waals surface area contributed by atoms with Crippen molar-refractivity contribution in [2.45, 2.75) is 44.4 Å². The van der Waals surface area contributed by atoms with Gasteiger partial charge in [0, 0.05) is 48.3 Å². The van der Waals surface area contributed by atoms with E-state index in [0.29, 0.717) is 22.4 Å². The summed E-state index contributed by atoms with van der Waals surface area (Å²) in [5.74, 6) is -3.49. The highest BCUT2D eigenvalue weighted by Crippen LogP contribution is 2.54. The minimum atomic E-state index is -2.71. The van der Waals surface area contributed by atoms with Crippen LogP contribution in [0.3, 0.4) is 0 Å². The Morgan fingerprint density at radius 2 is 1.44 bits per heavy atom. The number of piperidine rings is 2. The molecular weight excluding hydrogens is 579 g/mol. The van der Waals surface area contributed by atoms with E-state index in [1.54, 1.807) is 23.1 Å². The third kappa shape index (κ3) is 5.31. The van der Waals surface area contributed by atoms with Crippen molar-refractivity contribution < 1.29 is 23.1 Å². The number of anilines is 3. The van der Waals surface area contributed by atoms with Crippen LogP contribution in [0.4, 0.5) is 25.8 Å². The SMILES string of the molecule is COC(=O)c1ccc(NC(=O)c2ccc(I)cc2N2CCC3(CC2)CC3)cc1N1CCC(F)(F)CC1. The summed E-state index contributed by atoms with van der Waals surface area (Å²) < 4.78 is 33.5. The maximum Gasteiger partial charge on any atom is 0.339 e. The molecule has 2 aromatic carbocycles. The lowest BCUT2D eigenvalue weighted by Crippen LogP contribution is -2.40. The number of rotatable bonds is 5. The Bertz CT molecular complexity index is 1160. The van der Waals surface area contributed by atoms with Gasteiger partial charge in [0.05, 0.1) is 29.6 Å². The molecule has 3 fully saturated rings. The first-order chi connectivity index (χ1) is 17.2. The van der Waals surface area contributed by atoms with E-state index in [0.717, 1.165) is 35.2 Å². The molecule has 0 aromatic heterocycles. The van der Waals surface area contributed by atoms with E-state index >= 15 is 0 Å². The maximum absolute atomic E-state index is 13.7. The van der Waals surface area contributed by atoms with E-state index < -0.39 is 11.9 Å². The van der Waals surface area contributed by atoms with Gasteiger partial charge in [-0.15, -0.1) is 0 Å². The monoisotopic (exact) mass is 609 g/mol. The summed E-state index contributed by atoms with van der Waals surface area (Å²) in [4.78, 5) is 29.9. The van der Waals surface area contributed by atoms with Crippen LogP contribution in [0.5, 0.6) is 0 Å². The summed E-state index contributed by atoms with van der Waals surface area (Å²) in [7, 11) is 1.29. The molecule has 1 spiro atoms. The van der Waals surface area contributed by atoms with Crippen LogP contribution in [0, 0.1) is 8.99 Å². The largest absolute Gasteiger partial charge is 0.465 e. The van der Waals surface area contributed by atoms with Crippen molar-refractivity contribution in [1.82, 2.24) is 0 Å². The summed E-state index contributed by atoms with van der Waals surface area (Å²) in [5, 5.41) is 2.97. The number of hydrogen-bond donors (Lipinski definition) is 1. The second kappa shape index (κ2) is 9.79. The molecule has 1 N–H and O–H groups in total. The lowest BCUT2D eigenvalue weighted by molar-refractivity contribution is -0.0220. The molecule has 9 heteroatoms. The highest BCUT2D eigenvalue weighted by atomic mass is 127. The lowest BCUT2D eigenvalue weighted by atomic mass is 9.93. The van der Waals surface area contributed by atoms with Gasteiger partial charge in [0.25, 0.3) is 11.8 Å². The zero-order valence-electron chi connectivity index (χ0n) is 20.3. The van der Waals surface area contributed by atoms with E-state index in [1.807, 2.05) is 12.1 Å². The molecule has 2 aliphatic heterocycles. The Morgan fingerprint density at radius 1 is 0.861 bits per heavy atom. The van der Waals surface area contributed by atoms with E-state index in [1.165, 1.54) is 20.0 Å². The average Bonchev–Trinajstić information content (AvgIpc) is 3.62. The second-order valence-corrected chi connectivity index (χ2v) is 11.4. The molecule has 0 radical (unpaired) electrons. The first-order valence-corrected chi connectivity index (χ1v) is 13.5. The lowest BCUT2D eigenvalue weighted by Gasteiger charge is -2.35. The van der Waals surface area contributed by atoms with Crippen LogP contribution in [0.1, 0.15) is 59.2 Å². The van der Waals surface area contributed by atoms with Crippen molar-refractivity contribution in [3.05, 3.63) is 51.1 Å². The molecule has 3 aliphatic rings. The van der Waals surface area contributed by atoms with Gasteiger partial charge >= 0.3 is 5.97 Å². The van der Waals surface area contributed by atoms with Crippen molar-refractivity contribution in [2.24, 2.45) is 5.41 Å². The van der Waals surface area contributed by atoms with Crippen molar-refractivity contribution in [3.63, 3.8) is 0 Å². The number of hydrogen-bond acceptors (Lipinski definition) is 5. The third-order valence-electron chi connectivity index (χ3n) is 7.82. The van der Waals surface area contributed by atoms with Crippen molar-refractivity contribution in [2.75, 3.05) is 48.4 Å². The zero-order chi connectivity index (χ0) is 25.5. The van der Waals surface area contributed by atoms with Crippen molar-refractivity contribution in [3.8, 4) is 0 Å². The van der Waals surface area contributed by atoms with E-state index in [2.05, 4.69) is 38.9 Å². The second-order valence-electron chi connectivity index (χ2n) is 10.2. The number of esters is 1. The predicted molar refractivity (Wildman–Crippen MR) is 144 cm³/mol. The summed E-state index contributed by atoms with van der Waals surface area (Å²) in [6.45, 7) is 2.12. The normalized spacial score (nSPS) is 20.2. The summed E-state index contributed by atoms with van der Waals surface area (Å²) in [6.07, 6.45) is 4.39. The van der Waals surface area contributed by atoms with E-state index in [-0.39, 0.29) is 37.4 Å². The van der Waals surface area contributed by atoms with Crippen LogP contribution in [0.15, 0.2) is 36.4 Å². The summed E-state index contributed by atoms with van der Waals surface area (Å²) in [5.41, 5.74) is 3.34. The average molecular weight is 609 g/mol. The number of amides is 1. The topological polar surface area (TPSA) is 61.9 Å². The fourth-order valence-electron chi connectivity index (χ4n) is 5.28. The third-order valence-corrected chi connectivity index (χ3v) is 8.49. The molecule has 0 unspecified atom stereocenters. The number of benzene rings is 2. The van der Waals surface area contributed by atoms with Gasteiger partial charge in [0.2, 0.25) is 0 Å². The molecule has 2 saturated heterocycles. The van der Waals surface area contributed by atoms with Gasteiger partial charge in [0.1, 0.15) is 0 Å². The Kier molecular flexibility index (Phi) is 6.86. The molecule has 1 aliphatic carbocycles. The Labute approximate surface area is 223 Å². The zero-order valence-corrected chi connectivity index (χ0v) is 22.4. The molecular formula is C27H30F2IN3O3. The molecule has 5 rings (SSSR count). The molecule has 0 bridgehead atoms. The molecule has 1 saturated carbocycles. The van der Waals surface area contributed by atoms with Gasteiger partial charge < -0.3 is 19.9 Å². The number of nitrogens with one attached hydrogen (secondary N) is 1. The van der Waals surface area contributed by atoms with Crippen LogP contribution >= 0.6 is 22.6 Å². The predicted octanol–water partition coefficient (Wildman–Crippen LogP) is 5.95. The first kappa shape index (κ1) is 25.2. The molecule has 1 amide bonds. The number of carbonyl (C=O) groups excluding carboxylic acids is 2. The Morgan fingerprint density at radius 3 is 2.06 bits per heavy atom. The van der Waals surface area contributed by atoms with Gasteiger partial charge in [-0.05, 0) is 90.1 Å². The minimum Gasteiger partial charge on any atom is -0.465 e. The molecule has 192 valence electrons. The molecule has 2 aromatic rings. The smallest absolute Gasteiger partial charge is 0.339 e. The van der Waals surface area contributed by atoms with Gasteiger partial charge in [-0.3, -0.25) is 4.79 Å². The van der Waals surface area contributed by atoms with Gasteiger partial charge in [-0.25, -0.2) is 13.6 Å². The van der Waals surface area contributed by atoms with Crippen LogP contribution in [0.2, 0.25) is 0 Å². The quantitative estimate of drug-likeness (QED) is 0.336. The van der Waals surface area contributed by atoms with Crippen molar-refractivity contribution >= 4 is 51.5 Å². The molecule has 0 atom stereocenters. The maximum atomic E-state index is 13.7. The molecule has 6 nitrogen and oxygen atoms in total. The number of alkyl halides is 2. The number of carbonyl (C=O) groups is 2. The molecule has 2 heterocycles. The fourth-order valence-corrected chi connectivity index (χ4v) is 5.76. The summed E-state index contributed by atoms with van der Waals surface area (Å²) >= 11 is 2.27. The number of methoxy groups -OCH3 is 1. The van der Waals surface area contributed by atoms with Crippen LogP contribution in [-0.2, 0) is 4.74 Å². The van der Waals surface area contributed by atoms with Crippen LogP contribution in [0.25, 0.3) is 0 Å². The summed E-state index contributed by atoms with van der Waals surface area (Å²) in [6, 6.07) is 10.7. The number of ether oxygens (including phenoxy) is 1. The minimum absolute atomic E-state index is 0.117. The fraction of sp³-hybridized carbons (Fsp3) is 0.481. The van der Waals surface area contributed by atoms with E-state index in [9.17, 15) is 18.4 Å². The van der Waals surface area contributed by atoms with Crippen LogP contribution < -0.4 is 15.1 Å². The highest BCUT2D eigenvalue weighted by molar-refractivity contribution is 14.1.